The summed E-state index contributed by atoms with van der Waals surface area (Å²) in [6, 6.07) is 0. The van der Waals surface area contributed by atoms with Crippen LogP contribution in [0.5, 0.6) is 0 Å². The maximum absolute atomic E-state index is 10.6. The summed E-state index contributed by atoms with van der Waals surface area (Å²) >= 11 is 1.51. The zero-order valence-corrected chi connectivity index (χ0v) is 8.77. The summed E-state index contributed by atoms with van der Waals surface area (Å²) in [7, 11) is 0. The van der Waals surface area contributed by atoms with Crippen molar-refractivity contribution >= 4 is 23.7 Å². The molecule has 1 aliphatic rings. The molecular formula is C7H10F3NO4S. The highest BCUT2D eigenvalue weighted by atomic mass is 32.2. The van der Waals surface area contributed by atoms with Gasteiger partial charge in [-0.05, 0) is 0 Å². The fraction of sp³-hybridized carbons (Fsp3) is 0.714. The summed E-state index contributed by atoms with van der Waals surface area (Å²) in [6.45, 7) is 1.94. The van der Waals surface area contributed by atoms with Crippen molar-refractivity contribution in [3.63, 3.8) is 0 Å². The Kier molecular flexibility index (Phi) is 6.19. The molecule has 0 aromatic carbocycles. The first kappa shape index (κ1) is 15.0. The van der Waals surface area contributed by atoms with Crippen molar-refractivity contribution in [2.75, 3.05) is 18.8 Å². The zero-order valence-electron chi connectivity index (χ0n) is 7.95. The number of halogens is 3. The van der Waals surface area contributed by atoms with Gasteiger partial charge in [0.2, 0.25) is 0 Å². The second-order valence-electron chi connectivity index (χ2n) is 2.79. The first-order valence-corrected chi connectivity index (χ1v) is 5.12. The molecule has 16 heavy (non-hydrogen) atoms. The number of thioether (sulfide) groups is 1. The van der Waals surface area contributed by atoms with E-state index in [1.807, 2.05) is 0 Å². The van der Waals surface area contributed by atoms with Gasteiger partial charge in [0.1, 0.15) is 0 Å². The lowest BCUT2D eigenvalue weighted by Gasteiger charge is -2.25. The molecule has 94 valence electrons. The average molecular weight is 261 g/mol. The van der Waals surface area contributed by atoms with Gasteiger partial charge < -0.3 is 15.5 Å². The van der Waals surface area contributed by atoms with Crippen molar-refractivity contribution in [1.82, 2.24) is 5.32 Å². The predicted molar refractivity (Wildman–Crippen MR) is 50.4 cm³/mol. The van der Waals surface area contributed by atoms with E-state index in [-0.39, 0.29) is 5.75 Å². The number of carboxylic acid groups (broad SMARTS) is 2. The van der Waals surface area contributed by atoms with Crippen LogP contribution in [0.3, 0.4) is 0 Å². The largest absolute Gasteiger partial charge is 0.490 e. The SMILES string of the molecule is O=C(O)C(F)(F)F.O=C(O)CSC1CNC1. The van der Waals surface area contributed by atoms with Gasteiger partial charge in [-0.1, -0.05) is 0 Å². The number of alkyl halides is 3. The molecule has 1 aliphatic heterocycles. The number of aliphatic carboxylic acids is 2. The summed E-state index contributed by atoms with van der Waals surface area (Å²) in [5.74, 6) is -3.23. The molecule has 0 unspecified atom stereocenters. The third-order valence-corrected chi connectivity index (χ3v) is 2.65. The summed E-state index contributed by atoms with van der Waals surface area (Å²) in [6.07, 6.45) is -5.08. The molecule has 0 aromatic rings. The smallest absolute Gasteiger partial charge is 0.481 e. The monoisotopic (exact) mass is 261 g/mol. The van der Waals surface area contributed by atoms with Crippen LogP contribution in [0.15, 0.2) is 0 Å². The standard InChI is InChI=1S/C5H9NO2S.C2HF3O2/c7-5(8)3-9-4-1-6-2-4;3-2(4,5)1(6)7/h4,6H,1-3H2,(H,7,8);(H,6,7). The number of hydrogen-bond acceptors (Lipinski definition) is 4. The van der Waals surface area contributed by atoms with Crippen molar-refractivity contribution < 1.29 is 33.0 Å². The number of hydrogen-bond donors (Lipinski definition) is 3. The van der Waals surface area contributed by atoms with Gasteiger partial charge in [-0.3, -0.25) is 4.79 Å². The van der Waals surface area contributed by atoms with Crippen molar-refractivity contribution in [2.24, 2.45) is 0 Å². The van der Waals surface area contributed by atoms with Crippen molar-refractivity contribution in [3.8, 4) is 0 Å². The summed E-state index contributed by atoms with van der Waals surface area (Å²) in [5.41, 5.74) is 0. The Bertz CT molecular complexity index is 255. The Morgan fingerprint density at radius 2 is 1.75 bits per heavy atom. The first-order chi connectivity index (χ1) is 7.23. The highest BCUT2D eigenvalue weighted by molar-refractivity contribution is 8.00. The molecule has 5 nitrogen and oxygen atoms in total. The summed E-state index contributed by atoms with van der Waals surface area (Å²) in [5, 5.41) is 19.0. The lowest BCUT2D eigenvalue weighted by atomic mass is 10.3. The van der Waals surface area contributed by atoms with Crippen LogP contribution in [0.2, 0.25) is 0 Å². The van der Waals surface area contributed by atoms with Gasteiger partial charge in [-0.25, -0.2) is 4.79 Å². The molecule has 1 fully saturated rings. The minimum atomic E-state index is -5.08. The molecule has 0 radical (unpaired) electrons. The van der Waals surface area contributed by atoms with Gasteiger partial charge in [0.15, 0.2) is 0 Å². The quantitative estimate of drug-likeness (QED) is 0.682. The molecule has 3 N–H and O–H groups in total. The van der Waals surface area contributed by atoms with Gasteiger partial charge in [0.05, 0.1) is 5.75 Å². The molecule has 0 saturated carbocycles. The van der Waals surface area contributed by atoms with E-state index >= 15 is 0 Å². The molecular weight excluding hydrogens is 251 g/mol. The van der Waals surface area contributed by atoms with Crippen LogP contribution in [0.1, 0.15) is 0 Å². The van der Waals surface area contributed by atoms with Gasteiger partial charge >= 0.3 is 18.1 Å². The molecule has 1 rings (SSSR count). The minimum Gasteiger partial charge on any atom is -0.481 e. The van der Waals surface area contributed by atoms with E-state index in [0.29, 0.717) is 5.25 Å². The minimum absolute atomic E-state index is 0.242. The van der Waals surface area contributed by atoms with Gasteiger partial charge in [0, 0.05) is 18.3 Å². The van der Waals surface area contributed by atoms with Crippen molar-refractivity contribution in [2.45, 2.75) is 11.4 Å². The Hall–Kier alpha value is -0.960. The second kappa shape index (κ2) is 6.59. The average Bonchev–Trinajstić information content (AvgIpc) is 1.99. The molecule has 0 spiro atoms. The topological polar surface area (TPSA) is 86.6 Å². The fourth-order valence-corrected chi connectivity index (χ4v) is 1.42. The molecule has 0 atom stereocenters. The van der Waals surface area contributed by atoms with E-state index in [2.05, 4.69) is 5.32 Å². The van der Waals surface area contributed by atoms with Crippen LogP contribution in [-0.4, -0.2) is 52.4 Å². The molecule has 9 heteroatoms. The van der Waals surface area contributed by atoms with Crippen molar-refractivity contribution in [3.05, 3.63) is 0 Å². The highest BCUT2D eigenvalue weighted by Gasteiger charge is 2.38. The number of carboxylic acids is 2. The zero-order chi connectivity index (χ0) is 12.8. The normalized spacial score (nSPS) is 15.7. The van der Waals surface area contributed by atoms with Crippen LogP contribution >= 0.6 is 11.8 Å². The van der Waals surface area contributed by atoms with Crippen molar-refractivity contribution in [1.29, 1.82) is 0 Å². The van der Waals surface area contributed by atoms with Gasteiger partial charge in [0.25, 0.3) is 0 Å². The van der Waals surface area contributed by atoms with E-state index in [1.54, 1.807) is 0 Å². The third kappa shape index (κ3) is 7.35. The second-order valence-corrected chi connectivity index (χ2v) is 4.08. The molecule has 1 saturated heterocycles. The Balaban J connectivity index is 0.000000293. The summed E-state index contributed by atoms with van der Waals surface area (Å²) in [4.78, 5) is 18.9. The van der Waals surface area contributed by atoms with E-state index in [9.17, 15) is 18.0 Å². The van der Waals surface area contributed by atoms with Gasteiger partial charge in [-0.15, -0.1) is 11.8 Å². The van der Waals surface area contributed by atoms with Crippen LogP contribution < -0.4 is 5.32 Å². The maximum Gasteiger partial charge on any atom is 0.490 e. The molecule has 0 bridgehead atoms. The fourth-order valence-electron chi connectivity index (χ4n) is 0.569. The maximum atomic E-state index is 10.6. The number of carbonyl (C=O) groups is 2. The Morgan fingerprint density at radius 3 is 1.94 bits per heavy atom. The highest BCUT2D eigenvalue weighted by Crippen LogP contribution is 2.13. The van der Waals surface area contributed by atoms with E-state index in [0.717, 1.165) is 13.1 Å². The lowest BCUT2D eigenvalue weighted by Crippen LogP contribution is -2.44. The predicted octanol–water partition coefficient (Wildman–Crippen LogP) is 0.409. The Labute approximate surface area is 93.0 Å². The molecule has 0 aliphatic carbocycles. The number of rotatable bonds is 3. The Morgan fingerprint density at radius 1 is 1.31 bits per heavy atom. The van der Waals surface area contributed by atoms with Gasteiger partial charge in [-0.2, -0.15) is 13.2 Å². The van der Waals surface area contributed by atoms with Crippen LogP contribution in [0, 0.1) is 0 Å². The van der Waals surface area contributed by atoms with E-state index < -0.39 is 18.1 Å². The van der Waals surface area contributed by atoms with Crippen LogP contribution in [-0.2, 0) is 9.59 Å². The lowest BCUT2D eigenvalue weighted by molar-refractivity contribution is -0.192. The van der Waals surface area contributed by atoms with E-state index in [4.69, 9.17) is 15.0 Å². The molecule has 0 aromatic heterocycles. The third-order valence-electron chi connectivity index (χ3n) is 1.43. The number of nitrogens with one attached hydrogen (secondary N) is 1. The van der Waals surface area contributed by atoms with Crippen LogP contribution in [0.4, 0.5) is 13.2 Å². The molecule has 1 heterocycles. The first-order valence-electron chi connectivity index (χ1n) is 4.07. The summed E-state index contributed by atoms with van der Waals surface area (Å²) < 4.78 is 31.7. The molecule has 0 amide bonds. The van der Waals surface area contributed by atoms with E-state index in [1.165, 1.54) is 11.8 Å². The van der Waals surface area contributed by atoms with Crippen LogP contribution in [0.25, 0.3) is 0 Å².